The van der Waals surface area contributed by atoms with E-state index >= 15 is 0 Å². The van der Waals surface area contributed by atoms with Gasteiger partial charge in [-0.05, 0) is 43.9 Å². The summed E-state index contributed by atoms with van der Waals surface area (Å²) in [6, 6.07) is 10.0. The Morgan fingerprint density at radius 2 is 1.79 bits per heavy atom. The van der Waals surface area contributed by atoms with Crippen LogP contribution in [0.2, 0.25) is 0 Å². The standard InChI is InChI=1S/C21H27N5O2S/c1-13(2)26-17(11-12-22-26)23-18(27)14(3)29-20-25-24-19(28-20)15-7-9-16(10-8-15)21(4,5)6/h7-14H,1-6H3,(H,23,27)/t14-/m1/s1. The first-order valence-corrected chi connectivity index (χ1v) is 10.5. The van der Waals surface area contributed by atoms with Gasteiger partial charge in [-0.15, -0.1) is 10.2 Å². The zero-order valence-electron chi connectivity index (χ0n) is 17.6. The van der Waals surface area contributed by atoms with E-state index in [0.717, 1.165) is 5.56 Å². The van der Waals surface area contributed by atoms with Gasteiger partial charge in [-0.25, -0.2) is 4.68 Å². The van der Waals surface area contributed by atoms with Gasteiger partial charge in [0, 0.05) is 17.7 Å². The summed E-state index contributed by atoms with van der Waals surface area (Å²) in [5, 5.41) is 15.3. The maximum Gasteiger partial charge on any atom is 0.277 e. The molecule has 0 saturated carbocycles. The molecule has 29 heavy (non-hydrogen) atoms. The van der Waals surface area contributed by atoms with Crippen LogP contribution in [0.3, 0.4) is 0 Å². The minimum Gasteiger partial charge on any atom is -0.411 e. The van der Waals surface area contributed by atoms with E-state index in [1.807, 2.05) is 26.0 Å². The van der Waals surface area contributed by atoms with Crippen molar-refractivity contribution in [1.29, 1.82) is 0 Å². The van der Waals surface area contributed by atoms with E-state index in [-0.39, 0.29) is 17.4 Å². The molecule has 7 nitrogen and oxygen atoms in total. The van der Waals surface area contributed by atoms with Crippen LogP contribution in [-0.2, 0) is 10.2 Å². The second kappa shape index (κ2) is 8.41. The number of amides is 1. The van der Waals surface area contributed by atoms with Gasteiger partial charge in [0.25, 0.3) is 5.22 Å². The highest BCUT2D eigenvalue weighted by Gasteiger charge is 2.21. The molecule has 0 unspecified atom stereocenters. The first-order valence-electron chi connectivity index (χ1n) is 9.60. The fraction of sp³-hybridized carbons (Fsp3) is 0.429. The molecular formula is C21H27N5O2S. The van der Waals surface area contributed by atoms with E-state index in [4.69, 9.17) is 4.42 Å². The molecule has 0 spiro atoms. The third kappa shape index (κ3) is 5.06. The van der Waals surface area contributed by atoms with Crippen LogP contribution in [0.1, 0.15) is 53.1 Å². The molecule has 1 N–H and O–H groups in total. The SMILES string of the molecule is CC(C)n1nccc1NC(=O)[C@@H](C)Sc1nnc(-c2ccc(C(C)(C)C)cc2)o1. The van der Waals surface area contributed by atoms with Crippen molar-refractivity contribution in [3.63, 3.8) is 0 Å². The molecule has 2 aromatic heterocycles. The molecule has 3 rings (SSSR count). The van der Waals surface area contributed by atoms with E-state index in [9.17, 15) is 4.79 Å². The summed E-state index contributed by atoms with van der Waals surface area (Å²) in [6.45, 7) is 12.3. The molecule has 154 valence electrons. The molecule has 0 fully saturated rings. The number of nitrogens with one attached hydrogen (secondary N) is 1. The van der Waals surface area contributed by atoms with Crippen LogP contribution in [0.5, 0.6) is 0 Å². The first-order chi connectivity index (χ1) is 13.6. The number of carbonyl (C=O) groups excluding carboxylic acids is 1. The number of benzene rings is 1. The van der Waals surface area contributed by atoms with Gasteiger partial charge < -0.3 is 9.73 Å². The highest BCUT2D eigenvalue weighted by molar-refractivity contribution is 8.00. The summed E-state index contributed by atoms with van der Waals surface area (Å²) in [7, 11) is 0. The van der Waals surface area contributed by atoms with E-state index in [0.29, 0.717) is 16.9 Å². The number of thioether (sulfide) groups is 1. The fourth-order valence-corrected chi connectivity index (χ4v) is 3.43. The normalized spacial score (nSPS) is 12.9. The Hall–Kier alpha value is -2.61. The molecule has 0 saturated heterocycles. The largest absolute Gasteiger partial charge is 0.411 e. The van der Waals surface area contributed by atoms with Crippen LogP contribution < -0.4 is 5.32 Å². The van der Waals surface area contributed by atoms with Crippen molar-refractivity contribution in [3.8, 4) is 11.5 Å². The van der Waals surface area contributed by atoms with Crippen LogP contribution in [0.4, 0.5) is 5.82 Å². The first kappa shape index (κ1) is 21.1. The van der Waals surface area contributed by atoms with Crippen LogP contribution in [0.15, 0.2) is 46.2 Å². The number of hydrogen-bond acceptors (Lipinski definition) is 6. The number of rotatable bonds is 6. The smallest absolute Gasteiger partial charge is 0.277 e. The van der Waals surface area contributed by atoms with Gasteiger partial charge in [-0.2, -0.15) is 5.10 Å². The van der Waals surface area contributed by atoms with Gasteiger partial charge in [0.05, 0.1) is 11.4 Å². The molecule has 0 aliphatic heterocycles. The lowest BCUT2D eigenvalue weighted by Crippen LogP contribution is -2.24. The summed E-state index contributed by atoms with van der Waals surface area (Å²) in [4.78, 5) is 12.5. The van der Waals surface area contributed by atoms with E-state index in [2.05, 4.69) is 53.5 Å². The third-order valence-corrected chi connectivity index (χ3v) is 5.40. The van der Waals surface area contributed by atoms with E-state index in [1.165, 1.54) is 17.3 Å². The molecule has 3 aromatic rings. The number of nitrogens with zero attached hydrogens (tertiary/aromatic N) is 4. The van der Waals surface area contributed by atoms with Crippen molar-refractivity contribution in [1.82, 2.24) is 20.0 Å². The monoisotopic (exact) mass is 413 g/mol. The lowest BCUT2D eigenvalue weighted by atomic mass is 9.87. The Labute approximate surface area is 175 Å². The molecule has 1 atom stereocenters. The van der Waals surface area contributed by atoms with Crippen LogP contribution in [0.25, 0.3) is 11.5 Å². The minimum absolute atomic E-state index is 0.0854. The predicted molar refractivity (Wildman–Crippen MR) is 115 cm³/mol. The Balaban J connectivity index is 1.64. The molecule has 0 radical (unpaired) electrons. The lowest BCUT2D eigenvalue weighted by Gasteiger charge is -2.18. The summed E-state index contributed by atoms with van der Waals surface area (Å²) in [5.41, 5.74) is 2.18. The van der Waals surface area contributed by atoms with Crippen molar-refractivity contribution in [2.75, 3.05) is 5.32 Å². The quantitative estimate of drug-likeness (QED) is 0.577. The van der Waals surface area contributed by atoms with Gasteiger partial charge >= 0.3 is 0 Å². The van der Waals surface area contributed by atoms with Crippen molar-refractivity contribution in [3.05, 3.63) is 42.1 Å². The lowest BCUT2D eigenvalue weighted by molar-refractivity contribution is -0.115. The van der Waals surface area contributed by atoms with E-state index < -0.39 is 5.25 Å². The predicted octanol–water partition coefficient (Wildman–Crippen LogP) is 4.93. The van der Waals surface area contributed by atoms with Gasteiger partial charge in [-0.3, -0.25) is 4.79 Å². The summed E-state index contributed by atoms with van der Waals surface area (Å²) in [5.74, 6) is 0.965. The van der Waals surface area contributed by atoms with Crippen molar-refractivity contribution >= 4 is 23.5 Å². The second-order valence-corrected chi connectivity index (χ2v) is 9.50. The summed E-state index contributed by atoms with van der Waals surface area (Å²) < 4.78 is 7.52. The summed E-state index contributed by atoms with van der Waals surface area (Å²) >= 11 is 1.23. The average Bonchev–Trinajstić information content (AvgIpc) is 3.30. The zero-order valence-corrected chi connectivity index (χ0v) is 18.4. The summed E-state index contributed by atoms with van der Waals surface area (Å²) in [6.07, 6.45) is 1.67. The Morgan fingerprint density at radius 3 is 2.41 bits per heavy atom. The van der Waals surface area contributed by atoms with Gasteiger partial charge in [-0.1, -0.05) is 44.7 Å². The Kier molecular flexibility index (Phi) is 6.12. The fourth-order valence-electron chi connectivity index (χ4n) is 2.74. The number of carbonyl (C=O) groups is 1. The third-order valence-electron chi connectivity index (χ3n) is 4.46. The average molecular weight is 414 g/mol. The van der Waals surface area contributed by atoms with Gasteiger partial charge in [0.15, 0.2) is 0 Å². The van der Waals surface area contributed by atoms with Gasteiger partial charge in [0.1, 0.15) is 5.82 Å². The molecule has 0 aliphatic carbocycles. The number of anilines is 1. The van der Waals surface area contributed by atoms with Crippen molar-refractivity contribution < 1.29 is 9.21 Å². The molecule has 2 heterocycles. The van der Waals surface area contributed by atoms with E-state index in [1.54, 1.807) is 23.9 Å². The molecule has 1 aromatic carbocycles. The highest BCUT2D eigenvalue weighted by atomic mass is 32.2. The van der Waals surface area contributed by atoms with Crippen molar-refractivity contribution in [2.45, 2.75) is 63.5 Å². The Bertz CT molecular complexity index is 970. The van der Waals surface area contributed by atoms with Crippen LogP contribution in [-0.4, -0.2) is 31.1 Å². The van der Waals surface area contributed by atoms with Crippen molar-refractivity contribution in [2.24, 2.45) is 0 Å². The van der Waals surface area contributed by atoms with Crippen LogP contribution in [0, 0.1) is 0 Å². The second-order valence-electron chi connectivity index (χ2n) is 8.20. The molecular weight excluding hydrogens is 386 g/mol. The minimum atomic E-state index is -0.401. The molecule has 8 heteroatoms. The van der Waals surface area contributed by atoms with Crippen LogP contribution >= 0.6 is 11.8 Å². The maximum atomic E-state index is 12.5. The van der Waals surface area contributed by atoms with Gasteiger partial charge in [0.2, 0.25) is 11.8 Å². The topological polar surface area (TPSA) is 85.8 Å². The number of hydrogen-bond donors (Lipinski definition) is 1. The molecule has 1 amide bonds. The molecule has 0 bridgehead atoms. The number of aromatic nitrogens is 4. The maximum absolute atomic E-state index is 12.5. The highest BCUT2D eigenvalue weighted by Crippen LogP contribution is 2.29. The molecule has 0 aliphatic rings. The Morgan fingerprint density at radius 1 is 1.10 bits per heavy atom. The zero-order chi connectivity index (χ0) is 21.2.